The number of aromatic hydroxyl groups is 1. The van der Waals surface area contributed by atoms with Gasteiger partial charge in [0.05, 0.1) is 11.8 Å². The highest BCUT2D eigenvalue weighted by Gasteiger charge is 2.11. The Labute approximate surface area is 140 Å². The minimum Gasteiger partial charge on any atom is -0.507 e. The number of rotatable bonds is 4. The first kappa shape index (κ1) is 15.7. The van der Waals surface area contributed by atoms with Crippen LogP contribution in [0.3, 0.4) is 0 Å². The van der Waals surface area contributed by atoms with Crippen LogP contribution in [0.1, 0.15) is 28.4 Å². The number of carbonyl (C=O) groups is 1. The molecule has 0 spiro atoms. The number of nitrogens with zero attached hydrogens (tertiary/aromatic N) is 1. The number of amides is 1. The van der Waals surface area contributed by atoms with Crippen molar-refractivity contribution in [3.8, 4) is 5.75 Å². The predicted octanol–water partition coefficient (Wildman–Crippen LogP) is 3.87. The van der Waals surface area contributed by atoms with Gasteiger partial charge in [0.1, 0.15) is 5.75 Å². The van der Waals surface area contributed by atoms with Crippen LogP contribution in [0.25, 0.3) is 10.8 Å². The fourth-order valence-electron chi connectivity index (χ4n) is 2.48. The molecule has 24 heavy (non-hydrogen) atoms. The van der Waals surface area contributed by atoms with E-state index in [1.54, 1.807) is 18.3 Å². The van der Waals surface area contributed by atoms with Crippen molar-refractivity contribution in [3.63, 3.8) is 0 Å². The Morgan fingerprint density at radius 3 is 2.42 bits per heavy atom. The Morgan fingerprint density at radius 2 is 1.75 bits per heavy atom. The Balaban J connectivity index is 1.74. The first-order valence-electron chi connectivity index (χ1n) is 7.81. The normalized spacial score (nSPS) is 11.0. The summed E-state index contributed by atoms with van der Waals surface area (Å²) in [5, 5.41) is 15.8. The van der Waals surface area contributed by atoms with Crippen molar-refractivity contribution in [3.05, 3.63) is 77.4 Å². The summed E-state index contributed by atoms with van der Waals surface area (Å²) >= 11 is 0. The second kappa shape index (κ2) is 6.96. The molecule has 0 aliphatic carbocycles. The van der Waals surface area contributed by atoms with Gasteiger partial charge in [-0.05, 0) is 40.5 Å². The minimum atomic E-state index is -0.445. The molecule has 4 nitrogen and oxygen atoms in total. The SMILES string of the molecule is CCc1ccc(C=NNC(=O)c2cc3ccccc3cc2O)cc1. The number of phenols is 1. The second-order valence-corrected chi connectivity index (χ2v) is 5.51. The van der Waals surface area contributed by atoms with Crippen molar-refractivity contribution in [2.75, 3.05) is 0 Å². The zero-order valence-corrected chi connectivity index (χ0v) is 13.4. The Morgan fingerprint density at radius 1 is 1.08 bits per heavy atom. The fourth-order valence-corrected chi connectivity index (χ4v) is 2.48. The standard InChI is InChI=1S/C20H18N2O2/c1-2-14-7-9-15(10-8-14)13-21-22-20(24)18-11-16-5-3-4-6-17(16)12-19(18)23/h3-13,23H,2H2,1H3,(H,22,24). The van der Waals surface area contributed by atoms with E-state index in [2.05, 4.69) is 17.5 Å². The van der Waals surface area contributed by atoms with Crippen LogP contribution in [0.2, 0.25) is 0 Å². The topological polar surface area (TPSA) is 61.7 Å². The number of hydrogen-bond donors (Lipinski definition) is 2. The van der Waals surface area contributed by atoms with Crippen LogP contribution >= 0.6 is 0 Å². The van der Waals surface area contributed by atoms with E-state index in [-0.39, 0.29) is 11.3 Å². The summed E-state index contributed by atoms with van der Waals surface area (Å²) in [5.41, 5.74) is 4.80. The zero-order valence-electron chi connectivity index (χ0n) is 13.4. The van der Waals surface area contributed by atoms with Gasteiger partial charge in [-0.25, -0.2) is 5.43 Å². The summed E-state index contributed by atoms with van der Waals surface area (Å²) < 4.78 is 0. The number of phenolic OH excluding ortho intramolecular Hbond substituents is 1. The largest absolute Gasteiger partial charge is 0.507 e. The third-order valence-corrected chi connectivity index (χ3v) is 3.88. The molecular weight excluding hydrogens is 300 g/mol. The molecule has 0 atom stereocenters. The molecule has 0 bridgehead atoms. The molecule has 1 amide bonds. The maximum absolute atomic E-state index is 12.2. The average molecular weight is 318 g/mol. The molecule has 3 aromatic carbocycles. The zero-order chi connectivity index (χ0) is 16.9. The van der Waals surface area contributed by atoms with Crippen LogP contribution in [0, 0.1) is 0 Å². The Hall–Kier alpha value is -3.14. The third kappa shape index (κ3) is 3.43. The number of aryl methyl sites for hydroxylation is 1. The monoisotopic (exact) mass is 318 g/mol. The Kier molecular flexibility index (Phi) is 4.57. The lowest BCUT2D eigenvalue weighted by Gasteiger charge is -2.05. The number of benzene rings is 3. The van der Waals surface area contributed by atoms with Gasteiger partial charge in [0.15, 0.2) is 0 Å². The number of hydrazone groups is 1. The van der Waals surface area contributed by atoms with Gasteiger partial charge in [0, 0.05) is 0 Å². The van der Waals surface area contributed by atoms with Crippen LogP contribution in [0.5, 0.6) is 5.75 Å². The summed E-state index contributed by atoms with van der Waals surface area (Å²) in [6, 6.07) is 18.7. The van der Waals surface area contributed by atoms with Crippen molar-refractivity contribution >= 4 is 22.9 Å². The molecule has 0 saturated heterocycles. The molecular formula is C20H18N2O2. The first-order valence-corrected chi connectivity index (χ1v) is 7.81. The van der Waals surface area contributed by atoms with Gasteiger partial charge >= 0.3 is 0 Å². The lowest BCUT2D eigenvalue weighted by molar-refractivity contribution is 0.0952. The van der Waals surface area contributed by atoms with Gasteiger partial charge in [-0.1, -0.05) is 55.5 Å². The smallest absolute Gasteiger partial charge is 0.275 e. The van der Waals surface area contributed by atoms with E-state index in [9.17, 15) is 9.90 Å². The summed E-state index contributed by atoms with van der Waals surface area (Å²) in [4.78, 5) is 12.2. The molecule has 0 saturated carbocycles. The molecule has 0 aliphatic heterocycles. The summed E-state index contributed by atoms with van der Waals surface area (Å²) in [6.07, 6.45) is 2.56. The van der Waals surface area contributed by atoms with Crippen LogP contribution in [0.15, 0.2) is 65.8 Å². The van der Waals surface area contributed by atoms with Gasteiger partial charge in [-0.3, -0.25) is 4.79 Å². The molecule has 3 aromatic rings. The lowest BCUT2D eigenvalue weighted by Crippen LogP contribution is -2.17. The summed E-state index contributed by atoms with van der Waals surface area (Å²) in [7, 11) is 0. The van der Waals surface area contributed by atoms with Gasteiger partial charge in [0.2, 0.25) is 0 Å². The second-order valence-electron chi connectivity index (χ2n) is 5.51. The van der Waals surface area contributed by atoms with E-state index >= 15 is 0 Å². The van der Waals surface area contributed by atoms with Gasteiger partial charge in [-0.2, -0.15) is 5.10 Å². The molecule has 2 N–H and O–H groups in total. The summed E-state index contributed by atoms with van der Waals surface area (Å²) in [6.45, 7) is 2.10. The number of hydrogen-bond acceptors (Lipinski definition) is 3. The third-order valence-electron chi connectivity index (χ3n) is 3.88. The number of nitrogens with one attached hydrogen (secondary N) is 1. The molecule has 3 rings (SSSR count). The summed E-state index contributed by atoms with van der Waals surface area (Å²) in [5.74, 6) is -0.506. The highest BCUT2D eigenvalue weighted by molar-refractivity contribution is 6.01. The molecule has 0 aliphatic rings. The van der Waals surface area contributed by atoms with Crippen molar-refractivity contribution in [1.82, 2.24) is 5.43 Å². The van der Waals surface area contributed by atoms with Gasteiger partial charge in [0.25, 0.3) is 5.91 Å². The first-order chi connectivity index (χ1) is 11.7. The molecule has 120 valence electrons. The van der Waals surface area contributed by atoms with Crippen LogP contribution in [-0.2, 0) is 6.42 Å². The van der Waals surface area contributed by atoms with E-state index in [4.69, 9.17) is 0 Å². The van der Waals surface area contributed by atoms with Gasteiger partial charge < -0.3 is 5.11 Å². The highest BCUT2D eigenvalue weighted by atomic mass is 16.3. The lowest BCUT2D eigenvalue weighted by atomic mass is 10.1. The number of fused-ring (bicyclic) bond motifs is 1. The molecule has 0 unspecified atom stereocenters. The molecule has 0 radical (unpaired) electrons. The quantitative estimate of drug-likeness (QED) is 0.566. The predicted molar refractivity (Wildman–Crippen MR) is 96.5 cm³/mol. The molecule has 0 aromatic heterocycles. The maximum atomic E-state index is 12.2. The highest BCUT2D eigenvalue weighted by Crippen LogP contribution is 2.24. The minimum absolute atomic E-state index is 0.0614. The average Bonchev–Trinajstić information content (AvgIpc) is 2.61. The van der Waals surface area contributed by atoms with Crippen LogP contribution in [0.4, 0.5) is 0 Å². The van der Waals surface area contributed by atoms with Crippen molar-refractivity contribution in [2.24, 2.45) is 5.10 Å². The van der Waals surface area contributed by atoms with Crippen LogP contribution < -0.4 is 5.43 Å². The molecule has 0 heterocycles. The fraction of sp³-hybridized carbons (Fsp3) is 0.100. The van der Waals surface area contributed by atoms with E-state index < -0.39 is 5.91 Å². The number of carbonyl (C=O) groups excluding carboxylic acids is 1. The van der Waals surface area contributed by atoms with Crippen molar-refractivity contribution in [2.45, 2.75) is 13.3 Å². The van der Waals surface area contributed by atoms with Crippen LogP contribution in [-0.4, -0.2) is 17.2 Å². The van der Waals surface area contributed by atoms with E-state index in [0.717, 1.165) is 22.8 Å². The van der Waals surface area contributed by atoms with E-state index in [0.29, 0.717) is 0 Å². The Bertz CT molecular complexity index is 899. The van der Waals surface area contributed by atoms with Crippen molar-refractivity contribution < 1.29 is 9.90 Å². The van der Waals surface area contributed by atoms with Crippen molar-refractivity contribution in [1.29, 1.82) is 0 Å². The molecule has 4 heteroatoms. The maximum Gasteiger partial charge on any atom is 0.275 e. The van der Waals surface area contributed by atoms with Gasteiger partial charge in [-0.15, -0.1) is 0 Å². The van der Waals surface area contributed by atoms with E-state index in [1.807, 2.05) is 48.5 Å². The molecule has 0 fully saturated rings. The van der Waals surface area contributed by atoms with E-state index in [1.165, 1.54) is 5.56 Å².